The number of hydrogen-bond acceptors (Lipinski definition) is 4. The monoisotopic (exact) mass is 322 g/mol. The Balaban J connectivity index is 2.31. The standard InChI is InChI=1S/C13H15BrN4O/c1-17(2)11-6-13(19)18(16-7-11)8-9-3-4-10(15)5-12(9)14/h3-7H,8,15H2,1-2H3. The molecule has 100 valence electrons. The SMILES string of the molecule is CN(C)c1cnn(Cc2ccc(N)cc2Br)c(=O)c1. The second-order valence-corrected chi connectivity index (χ2v) is 5.31. The second-order valence-electron chi connectivity index (χ2n) is 4.45. The number of nitrogen functional groups attached to an aromatic ring is 1. The van der Waals surface area contributed by atoms with Crippen LogP contribution in [0.5, 0.6) is 0 Å². The normalized spacial score (nSPS) is 10.5. The number of halogens is 1. The van der Waals surface area contributed by atoms with Gasteiger partial charge in [-0.15, -0.1) is 0 Å². The van der Waals surface area contributed by atoms with E-state index in [1.54, 1.807) is 18.3 Å². The highest BCUT2D eigenvalue weighted by molar-refractivity contribution is 9.10. The van der Waals surface area contributed by atoms with Crippen LogP contribution < -0.4 is 16.2 Å². The fourth-order valence-electron chi connectivity index (χ4n) is 1.64. The fraction of sp³-hybridized carbons (Fsp3) is 0.231. The van der Waals surface area contributed by atoms with E-state index in [0.717, 1.165) is 15.7 Å². The van der Waals surface area contributed by atoms with Gasteiger partial charge in [-0.1, -0.05) is 22.0 Å². The van der Waals surface area contributed by atoms with E-state index in [1.165, 1.54) is 4.68 Å². The third kappa shape index (κ3) is 3.14. The molecule has 0 saturated heterocycles. The molecular weight excluding hydrogens is 308 g/mol. The van der Waals surface area contributed by atoms with Gasteiger partial charge in [0.1, 0.15) is 0 Å². The Kier molecular flexibility index (Phi) is 3.90. The van der Waals surface area contributed by atoms with Crippen molar-refractivity contribution in [3.63, 3.8) is 0 Å². The zero-order valence-electron chi connectivity index (χ0n) is 10.8. The van der Waals surface area contributed by atoms with Crippen molar-refractivity contribution in [3.05, 3.63) is 50.9 Å². The zero-order chi connectivity index (χ0) is 14.0. The van der Waals surface area contributed by atoms with Gasteiger partial charge in [-0.3, -0.25) is 4.79 Å². The van der Waals surface area contributed by atoms with Crippen LogP contribution in [-0.4, -0.2) is 23.9 Å². The van der Waals surface area contributed by atoms with Crippen molar-refractivity contribution < 1.29 is 0 Å². The molecule has 0 radical (unpaired) electrons. The maximum absolute atomic E-state index is 12.0. The van der Waals surface area contributed by atoms with Gasteiger partial charge in [0.2, 0.25) is 0 Å². The van der Waals surface area contributed by atoms with Crippen molar-refractivity contribution in [3.8, 4) is 0 Å². The first-order valence-electron chi connectivity index (χ1n) is 5.76. The summed E-state index contributed by atoms with van der Waals surface area (Å²) in [5.41, 5.74) is 7.98. The van der Waals surface area contributed by atoms with Crippen molar-refractivity contribution in [1.29, 1.82) is 0 Å². The maximum Gasteiger partial charge on any atom is 0.269 e. The Morgan fingerprint density at radius 1 is 1.37 bits per heavy atom. The summed E-state index contributed by atoms with van der Waals surface area (Å²) in [6.07, 6.45) is 1.67. The van der Waals surface area contributed by atoms with Crippen molar-refractivity contribution in [2.24, 2.45) is 0 Å². The minimum atomic E-state index is -0.130. The summed E-state index contributed by atoms with van der Waals surface area (Å²) in [6.45, 7) is 0.410. The van der Waals surface area contributed by atoms with E-state index in [-0.39, 0.29) is 5.56 Å². The molecule has 1 aromatic carbocycles. The Hall–Kier alpha value is -1.82. The lowest BCUT2D eigenvalue weighted by Crippen LogP contribution is -2.24. The molecule has 2 rings (SSSR count). The first kappa shape index (κ1) is 13.6. The molecular formula is C13H15BrN4O. The first-order valence-corrected chi connectivity index (χ1v) is 6.55. The van der Waals surface area contributed by atoms with Gasteiger partial charge < -0.3 is 10.6 Å². The van der Waals surface area contributed by atoms with Crippen LogP contribution in [0.15, 0.2) is 39.7 Å². The van der Waals surface area contributed by atoms with Crippen molar-refractivity contribution >= 4 is 27.3 Å². The van der Waals surface area contributed by atoms with Gasteiger partial charge in [-0.2, -0.15) is 5.10 Å². The maximum atomic E-state index is 12.0. The van der Waals surface area contributed by atoms with Crippen LogP contribution in [0.4, 0.5) is 11.4 Å². The molecule has 1 heterocycles. The lowest BCUT2D eigenvalue weighted by Gasteiger charge is -2.13. The minimum absolute atomic E-state index is 0.130. The van der Waals surface area contributed by atoms with Gasteiger partial charge in [0.15, 0.2) is 0 Å². The van der Waals surface area contributed by atoms with Crippen LogP contribution >= 0.6 is 15.9 Å². The molecule has 0 aliphatic carbocycles. The van der Waals surface area contributed by atoms with Crippen LogP contribution in [0, 0.1) is 0 Å². The zero-order valence-corrected chi connectivity index (χ0v) is 12.4. The molecule has 2 aromatic rings. The third-order valence-electron chi connectivity index (χ3n) is 2.77. The van der Waals surface area contributed by atoms with E-state index in [9.17, 15) is 4.79 Å². The number of nitrogens with two attached hydrogens (primary N) is 1. The number of aromatic nitrogens is 2. The highest BCUT2D eigenvalue weighted by atomic mass is 79.9. The molecule has 19 heavy (non-hydrogen) atoms. The Labute approximate surface area is 119 Å². The number of nitrogens with zero attached hydrogens (tertiary/aromatic N) is 3. The van der Waals surface area contributed by atoms with E-state index in [4.69, 9.17) is 5.73 Å². The summed E-state index contributed by atoms with van der Waals surface area (Å²) < 4.78 is 2.29. The lowest BCUT2D eigenvalue weighted by atomic mass is 10.2. The van der Waals surface area contributed by atoms with E-state index in [2.05, 4.69) is 21.0 Å². The molecule has 0 unspecified atom stereocenters. The molecule has 5 nitrogen and oxygen atoms in total. The molecule has 0 aliphatic rings. The van der Waals surface area contributed by atoms with Crippen LogP contribution in [0.2, 0.25) is 0 Å². The predicted molar refractivity (Wildman–Crippen MR) is 80.5 cm³/mol. The summed E-state index contributed by atoms with van der Waals surface area (Å²) in [5.74, 6) is 0. The molecule has 0 spiro atoms. The number of benzene rings is 1. The van der Waals surface area contributed by atoms with Crippen molar-refractivity contribution in [2.75, 3.05) is 24.7 Å². The van der Waals surface area contributed by atoms with Gasteiger partial charge in [0.05, 0.1) is 18.4 Å². The Morgan fingerprint density at radius 3 is 2.68 bits per heavy atom. The van der Waals surface area contributed by atoms with Crippen molar-refractivity contribution in [1.82, 2.24) is 9.78 Å². The number of anilines is 2. The van der Waals surface area contributed by atoms with Crippen molar-refractivity contribution in [2.45, 2.75) is 6.54 Å². The molecule has 0 saturated carbocycles. The van der Waals surface area contributed by atoms with Gasteiger partial charge in [-0.25, -0.2) is 4.68 Å². The summed E-state index contributed by atoms with van der Waals surface area (Å²) in [7, 11) is 3.74. The Bertz CT molecular complexity index is 651. The van der Waals surface area contributed by atoms with E-state index < -0.39 is 0 Å². The minimum Gasteiger partial charge on any atom is -0.399 e. The van der Waals surface area contributed by atoms with Gasteiger partial charge >= 0.3 is 0 Å². The van der Waals surface area contributed by atoms with Crippen LogP contribution in [-0.2, 0) is 6.54 Å². The molecule has 6 heteroatoms. The molecule has 0 bridgehead atoms. The van der Waals surface area contributed by atoms with Crippen LogP contribution in [0.25, 0.3) is 0 Å². The highest BCUT2D eigenvalue weighted by Crippen LogP contribution is 2.20. The summed E-state index contributed by atoms with van der Waals surface area (Å²) in [5, 5.41) is 4.17. The third-order valence-corrected chi connectivity index (χ3v) is 3.51. The topological polar surface area (TPSA) is 64.2 Å². The quantitative estimate of drug-likeness (QED) is 0.874. The van der Waals surface area contributed by atoms with E-state index in [1.807, 2.05) is 31.1 Å². The fourth-order valence-corrected chi connectivity index (χ4v) is 2.16. The second kappa shape index (κ2) is 5.44. The first-order chi connectivity index (χ1) is 8.97. The van der Waals surface area contributed by atoms with Gasteiger partial charge in [-0.05, 0) is 17.7 Å². The molecule has 0 amide bonds. The molecule has 0 aliphatic heterocycles. The van der Waals surface area contributed by atoms with E-state index >= 15 is 0 Å². The molecule has 0 atom stereocenters. The molecule has 2 N–H and O–H groups in total. The average molecular weight is 323 g/mol. The molecule has 0 fully saturated rings. The molecule has 1 aromatic heterocycles. The largest absolute Gasteiger partial charge is 0.399 e. The predicted octanol–water partition coefficient (Wildman–Crippen LogP) is 1.70. The van der Waals surface area contributed by atoms with Gasteiger partial charge in [0.25, 0.3) is 5.56 Å². The van der Waals surface area contributed by atoms with Crippen LogP contribution in [0.1, 0.15) is 5.56 Å². The van der Waals surface area contributed by atoms with E-state index in [0.29, 0.717) is 12.2 Å². The lowest BCUT2D eigenvalue weighted by molar-refractivity contribution is 0.637. The van der Waals surface area contributed by atoms with Crippen LogP contribution in [0.3, 0.4) is 0 Å². The highest BCUT2D eigenvalue weighted by Gasteiger charge is 2.05. The summed E-state index contributed by atoms with van der Waals surface area (Å²) >= 11 is 3.44. The summed E-state index contributed by atoms with van der Waals surface area (Å²) in [6, 6.07) is 7.07. The van der Waals surface area contributed by atoms with Gasteiger partial charge in [0, 0.05) is 30.3 Å². The summed E-state index contributed by atoms with van der Waals surface area (Å²) in [4.78, 5) is 13.8. The Morgan fingerprint density at radius 2 is 2.11 bits per heavy atom. The smallest absolute Gasteiger partial charge is 0.269 e. The number of hydrogen-bond donors (Lipinski definition) is 1. The number of rotatable bonds is 3. The average Bonchev–Trinajstić information content (AvgIpc) is 2.34.